The molecule has 1 aromatic heterocycles. The Morgan fingerprint density at radius 1 is 1.46 bits per heavy atom. The van der Waals surface area contributed by atoms with Gasteiger partial charge in [0, 0.05) is 19.8 Å². The molecule has 1 N–H and O–H groups in total. The Morgan fingerprint density at radius 2 is 2.15 bits per heavy atom. The number of nitrogens with zero attached hydrogens (tertiary/aromatic N) is 1. The minimum Gasteiger partial charge on any atom is -0.477 e. The molecule has 0 radical (unpaired) electrons. The highest BCUT2D eigenvalue weighted by molar-refractivity contribution is 6.76. The number of ether oxygens (including phenoxy) is 1. The zero-order valence-corrected chi connectivity index (χ0v) is 9.85. The average Bonchev–Trinajstić information content (AvgIpc) is 2.33. The van der Waals surface area contributed by atoms with Crippen LogP contribution in [0.5, 0.6) is 5.88 Å². The highest BCUT2D eigenvalue weighted by Crippen LogP contribution is 2.11. The molecule has 0 aliphatic heterocycles. The van der Waals surface area contributed by atoms with Crippen LogP contribution in [0.2, 0.25) is 25.7 Å². The Bertz CT molecular complexity index is 265. The van der Waals surface area contributed by atoms with Crippen molar-refractivity contribution in [1.82, 2.24) is 10.2 Å². The standard InChI is InChI=1S/C9H18N2OSi/c1-8-7-9(11-10-8)12-5-6-13(2,3)4/h7H,5-6H2,1-4H3,(H,10,11). The second-order valence-electron chi connectivity index (χ2n) is 4.55. The van der Waals surface area contributed by atoms with E-state index in [-0.39, 0.29) is 0 Å². The van der Waals surface area contributed by atoms with Crippen LogP contribution in [-0.2, 0) is 0 Å². The first-order valence-corrected chi connectivity index (χ1v) is 8.33. The van der Waals surface area contributed by atoms with E-state index in [9.17, 15) is 0 Å². The van der Waals surface area contributed by atoms with Crippen LogP contribution >= 0.6 is 0 Å². The van der Waals surface area contributed by atoms with Gasteiger partial charge in [-0.3, -0.25) is 5.10 Å². The number of aryl methyl sites for hydroxylation is 1. The number of nitrogens with one attached hydrogen (secondary N) is 1. The molecule has 0 aromatic carbocycles. The molecular weight excluding hydrogens is 180 g/mol. The highest BCUT2D eigenvalue weighted by Gasteiger charge is 2.12. The summed E-state index contributed by atoms with van der Waals surface area (Å²) in [6, 6.07) is 3.10. The third-order valence-electron chi connectivity index (χ3n) is 1.78. The molecule has 0 atom stereocenters. The van der Waals surface area contributed by atoms with E-state index in [1.165, 1.54) is 6.04 Å². The molecule has 0 aliphatic rings. The van der Waals surface area contributed by atoms with Crippen LogP contribution in [0.1, 0.15) is 5.69 Å². The van der Waals surface area contributed by atoms with Gasteiger partial charge in [-0.1, -0.05) is 19.6 Å². The second kappa shape index (κ2) is 3.96. The maximum absolute atomic E-state index is 5.50. The van der Waals surface area contributed by atoms with Gasteiger partial charge in [0.1, 0.15) is 0 Å². The van der Waals surface area contributed by atoms with E-state index in [1.54, 1.807) is 0 Å². The summed E-state index contributed by atoms with van der Waals surface area (Å²) in [4.78, 5) is 0. The summed E-state index contributed by atoms with van der Waals surface area (Å²) in [6.45, 7) is 9.78. The lowest BCUT2D eigenvalue weighted by Crippen LogP contribution is -2.22. The molecule has 0 fully saturated rings. The first kappa shape index (κ1) is 10.3. The molecule has 74 valence electrons. The van der Waals surface area contributed by atoms with E-state index >= 15 is 0 Å². The summed E-state index contributed by atoms with van der Waals surface area (Å²) < 4.78 is 5.50. The molecule has 0 amide bonds. The molecule has 13 heavy (non-hydrogen) atoms. The molecule has 0 unspecified atom stereocenters. The summed E-state index contributed by atoms with van der Waals surface area (Å²) in [7, 11) is -0.967. The lowest BCUT2D eigenvalue weighted by molar-refractivity contribution is 0.324. The number of aromatic nitrogens is 2. The minimum atomic E-state index is -0.967. The fourth-order valence-corrected chi connectivity index (χ4v) is 1.64. The topological polar surface area (TPSA) is 37.9 Å². The Morgan fingerprint density at radius 3 is 2.62 bits per heavy atom. The van der Waals surface area contributed by atoms with Gasteiger partial charge in [0.25, 0.3) is 0 Å². The Labute approximate surface area is 80.5 Å². The van der Waals surface area contributed by atoms with Gasteiger partial charge in [-0.25, -0.2) is 0 Å². The van der Waals surface area contributed by atoms with Crippen LogP contribution in [0.15, 0.2) is 6.07 Å². The summed E-state index contributed by atoms with van der Waals surface area (Å²) in [5.41, 5.74) is 1.04. The Hall–Kier alpha value is -0.773. The van der Waals surface area contributed by atoms with Crippen molar-refractivity contribution in [3.8, 4) is 5.88 Å². The van der Waals surface area contributed by atoms with Crippen LogP contribution in [0, 0.1) is 6.92 Å². The summed E-state index contributed by atoms with van der Waals surface area (Å²) in [5, 5.41) is 6.86. The summed E-state index contributed by atoms with van der Waals surface area (Å²) in [6.07, 6.45) is 0. The number of aromatic amines is 1. The summed E-state index contributed by atoms with van der Waals surface area (Å²) >= 11 is 0. The second-order valence-corrected chi connectivity index (χ2v) is 10.2. The van der Waals surface area contributed by atoms with E-state index < -0.39 is 8.07 Å². The SMILES string of the molecule is Cc1cc(OCC[Si](C)(C)C)n[nH]1. The zero-order chi connectivity index (χ0) is 9.90. The fourth-order valence-electron chi connectivity index (χ4n) is 0.929. The van der Waals surface area contributed by atoms with E-state index in [1.807, 2.05) is 13.0 Å². The highest BCUT2D eigenvalue weighted by atomic mass is 28.3. The third kappa shape index (κ3) is 4.12. The number of hydrogen-bond donors (Lipinski definition) is 1. The Kier molecular flexibility index (Phi) is 3.14. The van der Waals surface area contributed by atoms with Gasteiger partial charge in [-0.15, -0.1) is 5.10 Å². The molecule has 1 rings (SSSR count). The smallest absolute Gasteiger partial charge is 0.232 e. The minimum absolute atomic E-state index is 0.718. The lowest BCUT2D eigenvalue weighted by atomic mass is 10.5. The third-order valence-corrected chi connectivity index (χ3v) is 3.49. The van der Waals surface area contributed by atoms with Crippen molar-refractivity contribution < 1.29 is 4.74 Å². The van der Waals surface area contributed by atoms with Crippen molar-refractivity contribution in [3.05, 3.63) is 11.8 Å². The fraction of sp³-hybridized carbons (Fsp3) is 0.667. The van der Waals surface area contributed by atoms with Crippen LogP contribution in [-0.4, -0.2) is 24.9 Å². The molecule has 0 saturated carbocycles. The van der Waals surface area contributed by atoms with Gasteiger partial charge >= 0.3 is 0 Å². The van der Waals surface area contributed by atoms with Crippen LogP contribution in [0.3, 0.4) is 0 Å². The predicted octanol–water partition coefficient (Wildman–Crippen LogP) is 2.44. The van der Waals surface area contributed by atoms with Gasteiger partial charge in [-0.05, 0) is 13.0 Å². The molecule has 1 aromatic rings. The maximum atomic E-state index is 5.50. The van der Waals surface area contributed by atoms with E-state index in [2.05, 4.69) is 29.8 Å². The van der Waals surface area contributed by atoms with Crippen molar-refractivity contribution in [3.63, 3.8) is 0 Å². The number of H-pyrrole nitrogens is 1. The Balaban J connectivity index is 2.28. The van der Waals surface area contributed by atoms with Crippen LogP contribution in [0.25, 0.3) is 0 Å². The molecule has 1 heterocycles. The first-order valence-electron chi connectivity index (χ1n) is 4.62. The predicted molar refractivity (Wildman–Crippen MR) is 57.0 cm³/mol. The van der Waals surface area contributed by atoms with E-state index in [0.717, 1.165) is 18.2 Å². The molecule has 4 heteroatoms. The van der Waals surface area contributed by atoms with Crippen LogP contribution < -0.4 is 4.74 Å². The van der Waals surface area contributed by atoms with Gasteiger partial charge in [-0.2, -0.15) is 0 Å². The lowest BCUT2D eigenvalue weighted by Gasteiger charge is -2.14. The van der Waals surface area contributed by atoms with Crippen molar-refractivity contribution >= 4 is 8.07 Å². The van der Waals surface area contributed by atoms with Gasteiger partial charge in [0.15, 0.2) is 0 Å². The van der Waals surface area contributed by atoms with Gasteiger partial charge in [0.2, 0.25) is 5.88 Å². The monoisotopic (exact) mass is 198 g/mol. The first-order chi connectivity index (χ1) is 5.97. The van der Waals surface area contributed by atoms with Gasteiger partial charge in [0.05, 0.1) is 6.61 Å². The molecule has 0 aliphatic carbocycles. The molecule has 0 spiro atoms. The summed E-state index contributed by atoms with van der Waals surface area (Å²) in [5.74, 6) is 0.718. The van der Waals surface area contributed by atoms with Gasteiger partial charge < -0.3 is 4.74 Å². The average molecular weight is 198 g/mol. The number of hydrogen-bond acceptors (Lipinski definition) is 2. The van der Waals surface area contributed by atoms with Crippen molar-refractivity contribution in [2.24, 2.45) is 0 Å². The normalized spacial score (nSPS) is 11.7. The van der Waals surface area contributed by atoms with E-state index in [4.69, 9.17) is 4.74 Å². The van der Waals surface area contributed by atoms with Crippen molar-refractivity contribution in [2.75, 3.05) is 6.61 Å². The molecule has 0 saturated heterocycles. The van der Waals surface area contributed by atoms with Crippen molar-refractivity contribution in [1.29, 1.82) is 0 Å². The molecular formula is C9H18N2OSi. The molecule has 3 nitrogen and oxygen atoms in total. The number of rotatable bonds is 4. The maximum Gasteiger partial charge on any atom is 0.232 e. The van der Waals surface area contributed by atoms with Crippen LogP contribution in [0.4, 0.5) is 0 Å². The quantitative estimate of drug-likeness (QED) is 0.755. The van der Waals surface area contributed by atoms with Crippen molar-refractivity contribution in [2.45, 2.75) is 32.6 Å². The zero-order valence-electron chi connectivity index (χ0n) is 8.85. The molecule has 0 bridgehead atoms. The van der Waals surface area contributed by atoms with E-state index in [0.29, 0.717) is 0 Å². The largest absolute Gasteiger partial charge is 0.477 e.